The number of aromatic carboxylic acids is 1. The van der Waals surface area contributed by atoms with Crippen LogP contribution in [0.3, 0.4) is 0 Å². The van der Waals surface area contributed by atoms with Crippen molar-refractivity contribution in [3.05, 3.63) is 130 Å². The lowest BCUT2D eigenvalue weighted by Crippen LogP contribution is -2.25. The lowest BCUT2D eigenvalue weighted by atomic mass is 9.95. The molecule has 4 aromatic rings. The SMILES string of the molecule is CC(C)=CCN1c2cc(C(=O)c3ccccc3)ccc2Nc2c(C(=O)O)cc(C(=O)c3ccccc3)cc21. The van der Waals surface area contributed by atoms with Gasteiger partial charge in [0.05, 0.1) is 28.3 Å². The van der Waals surface area contributed by atoms with Gasteiger partial charge in [-0.25, -0.2) is 4.79 Å². The normalized spacial score (nSPS) is 11.6. The van der Waals surface area contributed by atoms with Gasteiger partial charge in [-0.1, -0.05) is 72.3 Å². The van der Waals surface area contributed by atoms with Crippen LogP contribution < -0.4 is 10.2 Å². The highest BCUT2D eigenvalue weighted by atomic mass is 16.4. The van der Waals surface area contributed by atoms with Crippen LogP contribution in [0.4, 0.5) is 22.7 Å². The number of allylic oxidation sites excluding steroid dienone is 1. The molecule has 0 unspecified atom stereocenters. The molecule has 6 nitrogen and oxygen atoms in total. The molecule has 0 aliphatic carbocycles. The van der Waals surface area contributed by atoms with Crippen molar-refractivity contribution in [2.75, 3.05) is 16.8 Å². The van der Waals surface area contributed by atoms with Crippen LogP contribution in [0.2, 0.25) is 0 Å². The first-order chi connectivity index (χ1) is 18.3. The second kappa shape index (κ2) is 10.2. The predicted octanol–water partition coefficient (Wildman–Crippen LogP) is 7.01. The van der Waals surface area contributed by atoms with Gasteiger partial charge in [0.1, 0.15) is 0 Å². The Morgan fingerprint density at radius 2 is 1.32 bits per heavy atom. The first-order valence-electron chi connectivity index (χ1n) is 12.3. The maximum absolute atomic E-state index is 13.3. The number of fused-ring (bicyclic) bond motifs is 2. The molecule has 0 atom stereocenters. The third-order valence-electron chi connectivity index (χ3n) is 6.47. The first-order valence-corrected chi connectivity index (χ1v) is 12.3. The molecule has 5 rings (SSSR count). The van der Waals surface area contributed by atoms with Crippen LogP contribution in [0.25, 0.3) is 0 Å². The monoisotopic (exact) mass is 502 g/mol. The van der Waals surface area contributed by atoms with E-state index in [4.69, 9.17) is 0 Å². The summed E-state index contributed by atoms with van der Waals surface area (Å²) >= 11 is 0. The number of carboxylic acids is 1. The Kier molecular flexibility index (Phi) is 6.62. The standard InChI is InChI=1S/C32H26N2O4/c1-20(2)15-16-34-27-18-23(30(35)21-9-5-3-6-10-21)13-14-26(27)33-29-25(32(37)38)17-24(19-28(29)34)31(36)22-11-7-4-8-12-22/h3-15,17-19,33H,16H2,1-2H3,(H,37,38). The average Bonchev–Trinajstić information content (AvgIpc) is 2.94. The fourth-order valence-electron chi connectivity index (χ4n) is 4.52. The second-order valence-electron chi connectivity index (χ2n) is 9.36. The molecular weight excluding hydrogens is 476 g/mol. The van der Waals surface area contributed by atoms with Crippen molar-refractivity contribution in [3.8, 4) is 0 Å². The number of hydrogen-bond donors (Lipinski definition) is 2. The van der Waals surface area contributed by atoms with Crippen molar-refractivity contribution < 1.29 is 19.5 Å². The molecule has 0 saturated carbocycles. The van der Waals surface area contributed by atoms with E-state index in [9.17, 15) is 19.5 Å². The Balaban J connectivity index is 1.67. The summed E-state index contributed by atoms with van der Waals surface area (Å²) < 4.78 is 0. The molecule has 0 bridgehead atoms. The fraction of sp³-hybridized carbons (Fsp3) is 0.0938. The lowest BCUT2D eigenvalue weighted by molar-refractivity contribution is 0.0697. The zero-order valence-corrected chi connectivity index (χ0v) is 21.1. The van der Waals surface area contributed by atoms with Gasteiger partial charge in [0, 0.05) is 28.8 Å². The van der Waals surface area contributed by atoms with E-state index in [0.29, 0.717) is 40.3 Å². The van der Waals surface area contributed by atoms with E-state index in [0.717, 1.165) is 11.3 Å². The maximum Gasteiger partial charge on any atom is 0.337 e. The number of benzene rings is 4. The summed E-state index contributed by atoms with van der Waals surface area (Å²) in [6.45, 7) is 4.39. The van der Waals surface area contributed by atoms with Gasteiger partial charge in [0.2, 0.25) is 0 Å². The highest BCUT2D eigenvalue weighted by Gasteiger charge is 2.29. The van der Waals surface area contributed by atoms with Gasteiger partial charge in [-0.2, -0.15) is 0 Å². The molecule has 0 aromatic heterocycles. The third kappa shape index (κ3) is 4.72. The van der Waals surface area contributed by atoms with Crippen molar-refractivity contribution in [3.63, 3.8) is 0 Å². The largest absolute Gasteiger partial charge is 0.478 e. The zero-order chi connectivity index (χ0) is 26.8. The van der Waals surface area contributed by atoms with Crippen LogP contribution in [0.15, 0.2) is 103 Å². The molecular formula is C32H26N2O4. The summed E-state index contributed by atoms with van der Waals surface area (Å²) in [6, 6.07) is 26.3. The Labute approximate surface area is 220 Å². The quantitative estimate of drug-likeness (QED) is 0.209. The average molecular weight is 503 g/mol. The Bertz CT molecular complexity index is 1590. The number of carbonyl (C=O) groups excluding carboxylic acids is 2. The molecule has 188 valence electrons. The van der Waals surface area contributed by atoms with Crippen molar-refractivity contribution >= 4 is 40.3 Å². The van der Waals surface area contributed by atoms with Gasteiger partial charge in [-0.15, -0.1) is 0 Å². The molecule has 4 aromatic carbocycles. The number of anilines is 4. The van der Waals surface area contributed by atoms with Gasteiger partial charge in [0.25, 0.3) is 0 Å². The van der Waals surface area contributed by atoms with E-state index in [1.807, 2.05) is 55.2 Å². The van der Waals surface area contributed by atoms with Crippen LogP contribution >= 0.6 is 0 Å². The minimum absolute atomic E-state index is 0.000861. The minimum atomic E-state index is -1.14. The van der Waals surface area contributed by atoms with Gasteiger partial charge < -0.3 is 15.3 Å². The van der Waals surface area contributed by atoms with E-state index in [-0.39, 0.29) is 22.7 Å². The number of hydrogen-bond acceptors (Lipinski definition) is 5. The van der Waals surface area contributed by atoms with Crippen molar-refractivity contribution in [1.82, 2.24) is 0 Å². The molecule has 1 aliphatic rings. The van der Waals surface area contributed by atoms with Crippen LogP contribution in [0, 0.1) is 0 Å². The van der Waals surface area contributed by atoms with Crippen LogP contribution in [-0.4, -0.2) is 29.2 Å². The zero-order valence-electron chi connectivity index (χ0n) is 21.1. The van der Waals surface area contributed by atoms with Crippen LogP contribution in [-0.2, 0) is 0 Å². The predicted molar refractivity (Wildman–Crippen MR) is 149 cm³/mol. The van der Waals surface area contributed by atoms with Crippen molar-refractivity contribution in [2.24, 2.45) is 0 Å². The number of nitrogens with zero attached hydrogens (tertiary/aromatic N) is 1. The summed E-state index contributed by atoms with van der Waals surface area (Å²) in [5, 5.41) is 13.3. The number of carboxylic acid groups (broad SMARTS) is 1. The minimum Gasteiger partial charge on any atom is -0.478 e. The lowest BCUT2D eigenvalue weighted by Gasteiger charge is -2.35. The Morgan fingerprint density at radius 3 is 1.89 bits per heavy atom. The fourth-order valence-corrected chi connectivity index (χ4v) is 4.52. The van der Waals surface area contributed by atoms with Crippen molar-refractivity contribution in [1.29, 1.82) is 0 Å². The maximum atomic E-state index is 13.3. The summed E-state index contributed by atoms with van der Waals surface area (Å²) in [6.07, 6.45) is 2.02. The second-order valence-corrected chi connectivity index (χ2v) is 9.36. The highest BCUT2D eigenvalue weighted by molar-refractivity contribution is 6.14. The first kappa shape index (κ1) is 24.7. The van der Waals surface area contributed by atoms with E-state index < -0.39 is 5.97 Å². The summed E-state index contributed by atoms with van der Waals surface area (Å²) in [4.78, 5) is 40.8. The molecule has 1 heterocycles. The van der Waals surface area contributed by atoms with E-state index in [1.165, 1.54) is 6.07 Å². The Hall–Kier alpha value is -4.97. The van der Waals surface area contributed by atoms with Crippen LogP contribution in [0.1, 0.15) is 56.0 Å². The highest BCUT2D eigenvalue weighted by Crippen LogP contribution is 2.46. The molecule has 0 amide bonds. The molecule has 6 heteroatoms. The molecule has 0 fully saturated rings. The number of nitrogens with one attached hydrogen (secondary N) is 1. The van der Waals surface area contributed by atoms with Gasteiger partial charge in [0.15, 0.2) is 11.6 Å². The van der Waals surface area contributed by atoms with Gasteiger partial charge in [-0.05, 0) is 44.2 Å². The third-order valence-corrected chi connectivity index (χ3v) is 6.47. The van der Waals surface area contributed by atoms with E-state index in [1.54, 1.807) is 54.6 Å². The topological polar surface area (TPSA) is 86.7 Å². The van der Waals surface area contributed by atoms with E-state index >= 15 is 0 Å². The molecule has 0 radical (unpaired) electrons. The molecule has 2 N–H and O–H groups in total. The summed E-state index contributed by atoms with van der Waals surface area (Å²) in [7, 11) is 0. The number of ketones is 2. The smallest absolute Gasteiger partial charge is 0.337 e. The molecule has 0 spiro atoms. The van der Waals surface area contributed by atoms with Crippen LogP contribution in [0.5, 0.6) is 0 Å². The number of carbonyl (C=O) groups is 3. The molecule has 1 aliphatic heterocycles. The number of rotatable bonds is 7. The molecule has 0 saturated heterocycles. The summed E-state index contributed by atoms with van der Waals surface area (Å²) in [5.74, 6) is -1.52. The van der Waals surface area contributed by atoms with Gasteiger partial charge >= 0.3 is 5.97 Å². The molecule has 38 heavy (non-hydrogen) atoms. The van der Waals surface area contributed by atoms with E-state index in [2.05, 4.69) is 5.32 Å². The summed E-state index contributed by atoms with van der Waals surface area (Å²) in [5.41, 5.74) is 5.27. The van der Waals surface area contributed by atoms with Gasteiger partial charge in [-0.3, -0.25) is 9.59 Å². The Morgan fingerprint density at radius 1 is 0.737 bits per heavy atom. The van der Waals surface area contributed by atoms with Crippen molar-refractivity contribution in [2.45, 2.75) is 13.8 Å².